The van der Waals surface area contributed by atoms with Gasteiger partial charge in [0.25, 0.3) is 0 Å². The number of ether oxygens (including phenoxy) is 1. The minimum atomic E-state index is -1.34. The van der Waals surface area contributed by atoms with E-state index in [2.05, 4.69) is 12.6 Å². The van der Waals surface area contributed by atoms with E-state index in [4.69, 9.17) is 4.74 Å². The molecular weight excluding hydrogens is 276 g/mol. The molecule has 1 N–H and O–H groups in total. The van der Waals surface area contributed by atoms with Gasteiger partial charge in [0.2, 0.25) is 0 Å². The van der Waals surface area contributed by atoms with Crippen molar-refractivity contribution >= 4 is 29.5 Å². The second-order valence-electron chi connectivity index (χ2n) is 4.47. The molecule has 0 saturated heterocycles. The van der Waals surface area contributed by atoms with Gasteiger partial charge in [-0.3, -0.25) is 0 Å². The summed E-state index contributed by atoms with van der Waals surface area (Å²) >= 11 is 4.21. The van der Waals surface area contributed by atoms with Crippen LogP contribution in [0.1, 0.15) is 31.4 Å². The number of rotatable bonds is 5. The number of aliphatic carboxylic acids is 1. The summed E-state index contributed by atoms with van der Waals surface area (Å²) < 4.78 is 5.08. The highest BCUT2D eigenvalue weighted by Crippen LogP contribution is 2.26. The van der Waals surface area contributed by atoms with Crippen LogP contribution in [-0.4, -0.2) is 23.1 Å². The summed E-state index contributed by atoms with van der Waals surface area (Å²) in [6.45, 7) is 5.39. The Morgan fingerprint density at radius 2 is 1.95 bits per heavy atom. The van der Waals surface area contributed by atoms with Crippen molar-refractivity contribution in [2.45, 2.75) is 33.3 Å². The first kappa shape index (κ1) is 16.3. The molecule has 4 nitrogen and oxygen atoms in total. The number of carbonyl (C=O) groups excluding carboxylic acids is 1. The van der Waals surface area contributed by atoms with Crippen LogP contribution in [0.25, 0.3) is 4.91 Å². The highest BCUT2D eigenvalue weighted by molar-refractivity contribution is 7.90. The predicted molar refractivity (Wildman–Crippen MR) is 80.6 cm³/mol. The summed E-state index contributed by atoms with van der Waals surface area (Å²) in [7, 11) is 0. The summed E-state index contributed by atoms with van der Waals surface area (Å²) in [6, 6.07) is 7.14. The molecule has 108 valence electrons. The molecule has 0 saturated carbocycles. The number of hydrogen-bond donors (Lipinski definition) is 2. The molecule has 0 heterocycles. The summed E-state index contributed by atoms with van der Waals surface area (Å²) in [5.74, 6) is -2.20. The van der Waals surface area contributed by atoms with Gasteiger partial charge in [0.15, 0.2) is 5.57 Å². The lowest BCUT2D eigenvalue weighted by molar-refractivity contribution is -0.147. The maximum Gasteiger partial charge on any atom is 0.347 e. The number of esters is 1. The van der Waals surface area contributed by atoms with Crippen molar-refractivity contribution in [1.82, 2.24) is 0 Å². The number of carboxylic acid groups (broad SMARTS) is 1. The van der Waals surface area contributed by atoms with Crippen LogP contribution in [0.5, 0.6) is 0 Å². The van der Waals surface area contributed by atoms with Crippen molar-refractivity contribution in [3.63, 3.8) is 0 Å². The van der Waals surface area contributed by atoms with Crippen LogP contribution in [0.2, 0.25) is 0 Å². The first-order valence-electron chi connectivity index (χ1n) is 6.32. The molecule has 1 unspecified atom stereocenters. The number of carbonyl (C=O) groups is 2. The first-order valence-corrected chi connectivity index (χ1v) is 6.76. The third-order valence-electron chi connectivity index (χ3n) is 2.94. The predicted octanol–water partition coefficient (Wildman–Crippen LogP) is 3.06. The van der Waals surface area contributed by atoms with Crippen LogP contribution in [0.15, 0.2) is 29.8 Å². The average Bonchev–Trinajstić information content (AvgIpc) is 2.38. The van der Waals surface area contributed by atoms with E-state index in [0.717, 1.165) is 5.56 Å². The fraction of sp³-hybridized carbons (Fsp3) is 0.333. The molecule has 5 heteroatoms. The topological polar surface area (TPSA) is 63.6 Å². The third kappa shape index (κ3) is 3.87. The molecule has 0 spiro atoms. The summed E-state index contributed by atoms with van der Waals surface area (Å²) in [5.41, 5.74) is 1.00. The molecule has 20 heavy (non-hydrogen) atoms. The van der Waals surface area contributed by atoms with Crippen molar-refractivity contribution < 1.29 is 19.4 Å². The standard InChI is InChI=1S/C15H18O4S/c1-4-10(3)19-15(18)12(14(16)17)13(20)11-8-6-5-7-9(11)2/h5-8,10,20H,4H2,1-3H3,(H,16,17). The number of aryl methyl sites for hydroxylation is 1. The lowest BCUT2D eigenvalue weighted by Crippen LogP contribution is -2.21. The van der Waals surface area contributed by atoms with Gasteiger partial charge in [-0.05, 0) is 31.4 Å². The lowest BCUT2D eigenvalue weighted by atomic mass is 10.1. The maximum absolute atomic E-state index is 12.0. The first-order chi connectivity index (χ1) is 9.38. The third-order valence-corrected chi connectivity index (χ3v) is 3.40. The van der Waals surface area contributed by atoms with E-state index in [1.165, 1.54) is 0 Å². The quantitative estimate of drug-likeness (QED) is 0.288. The van der Waals surface area contributed by atoms with E-state index in [9.17, 15) is 14.7 Å². The molecule has 0 aliphatic heterocycles. The number of benzene rings is 1. The summed E-state index contributed by atoms with van der Waals surface area (Å²) in [4.78, 5) is 23.4. The Labute approximate surface area is 123 Å². The average molecular weight is 294 g/mol. The molecule has 0 amide bonds. The molecule has 0 fully saturated rings. The van der Waals surface area contributed by atoms with Gasteiger partial charge in [-0.25, -0.2) is 9.59 Å². The SMILES string of the molecule is CCC(C)OC(=O)C(C(=O)O)=C(S)c1ccccc1C. The number of carboxylic acids is 1. The second kappa shape index (κ2) is 7.14. The largest absolute Gasteiger partial charge is 0.477 e. The second-order valence-corrected chi connectivity index (χ2v) is 4.92. The zero-order chi connectivity index (χ0) is 15.3. The highest BCUT2D eigenvalue weighted by atomic mass is 32.1. The number of hydrogen-bond acceptors (Lipinski definition) is 4. The van der Waals surface area contributed by atoms with Crippen molar-refractivity contribution in [3.05, 3.63) is 41.0 Å². The smallest absolute Gasteiger partial charge is 0.347 e. The molecule has 1 atom stereocenters. The molecule has 0 bridgehead atoms. The Hall–Kier alpha value is -1.75. The van der Waals surface area contributed by atoms with Gasteiger partial charge in [0.1, 0.15) is 0 Å². The van der Waals surface area contributed by atoms with E-state index >= 15 is 0 Å². The zero-order valence-corrected chi connectivity index (χ0v) is 12.6. The van der Waals surface area contributed by atoms with E-state index in [1.807, 2.05) is 26.0 Å². The zero-order valence-electron chi connectivity index (χ0n) is 11.7. The molecule has 1 aromatic rings. The van der Waals surface area contributed by atoms with Crippen LogP contribution in [0.4, 0.5) is 0 Å². The monoisotopic (exact) mass is 294 g/mol. The summed E-state index contributed by atoms with van der Waals surface area (Å²) in [6.07, 6.45) is 0.278. The van der Waals surface area contributed by atoms with Crippen LogP contribution in [0.3, 0.4) is 0 Å². The van der Waals surface area contributed by atoms with Crippen LogP contribution in [-0.2, 0) is 14.3 Å². The fourth-order valence-corrected chi connectivity index (χ4v) is 2.02. The molecule has 0 aliphatic rings. The lowest BCUT2D eigenvalue weighted by Gasteiger charge is -2.13. The van der Waals surface area contributed by atoms with E-state index < -0.39 is 17.5 Å². The molecule has 0 radical (unpaired) electrons. The Kier molecular flexibility index (Phi) is 5.82. The van der Waals surface area contributed by atoms with Crippen molar-refractivity contribution in [2.75, 3.05) is 0 Å². The maximum atomic E-state index is 12.0. The molecule has 0 aromatic heterocycles. The van der Waals surface area contributed by atoms with Crippen molar-refractivity contribution in [2.24, 2.45) is 0 Å². The fourth-order valence-electron chi connectivity index (χ4n) is 1.58. The van der Waals surface area contributed by atoms with Gasteiger partial charge in [-0.15, -0.1) is 12.6 Å². The van der Waals surface area contributed by atoms with Crippen molar-refractivity contribution in [1.29, 1.82) is 0 Å². The highest BCUT2D eigenvalue weighted by Gasteiger charge is 2.25. The molecule has 1 rings (SSSR count). The Morgan fingerprint density at radius 1 is 1.35 bits per heavy atom. The van der Waals surface area contributed by atoms with Crippen LogP contribution in [0, 0.1) is 6.92 Å². The minimum Gasteiger partial charge on any atom is -0.477 e. The Morgan fingerprint density at radius 3 is 2.45 bits per heavy atom. The summed E-state index contributed by atoms with van der Waals surface area (Å²) in [5, 5.41) is 9.24. The van der Waals surface area contributed by atoms with Gasteiger partial charge < -0.3 is 9.84 Å². The molecule has 0 aliphatic carbocycles. The molecular formula is C15H18O4S. The van der Waals surface area contributed by atoms with E-state index in [-0.39, 0.29) is 11.0 Å². The van der Waals surface area contributed by atoms with Crippen LogP contribution >= 0.6 is 12.6 Å². The number of thiol groups is 1. The van der Waals surface area contributed by atoms with Gasteiger partial charge in [0.05, 0.1) is 6.10 Å². The Balaban J connectivity index is 3.25. The van der Waals surface area contributed by atoms with Crippen LogP contribution < -0.4 is 0 Å². The van der Waals surface area contributed by atoms with E-state index in [1.54, 1.807) is 19.1 Å². The molecule has 1 aromatic carbocycles. The van der Waals surface area contributed by atoms with Crippen molar-refractivity contribution in [3.8, 4) is 0 Å². The van der Waals surface area contributed by atoms with Gasteiger partial charge in [-0.1, -0.05) is 31.2 Å². The normalized spacial score (nSPS) is 13.4. The van der Waals surface area contributed by atoms with E-state index in [0.29, 0.717) is 12.0 Å². The van der Waals surface area contributed by atoms with Gasteiger partial charge >= 0.3 is 11.9 Å². The van der Waals surface area contributed by atoms with Gasteiger partial charge in [0, 0.05) is 4.91 Å². The Bertz CT molecular complexity index is 549. The minimum absolute atomic E-state index is 0.115. The van der Waals surface area contributed by atoms with Gasteiger partial charge in [-0.2, -0.15) is 0 Å².